The van der Waals surface area contributed by atoms with Crippen molar-refractivity contribution in [3.63, 3.8) is 0 Å². The van der Waals surface area contributed by atoms with Crippen LogP contribution in [0.3, 0.4) is 0 Å². The minimum absolute atomic E-state index is 0.00877. The molecule has 3 atom stereocenters. The van der Waals surface area contributed by atoms with Crippen molar-refractivity contribution in [1.82, 2.24) is 15.3 Å². The van der Waals surface area contributed by atoms with E-state index in [2.05, 4.69) is 15.6 Å². The number of nitrogens with one attached hydrogen (secondary N) is 3. The van der Waals surface area contributed by atoms with Crippen molar-refractivity contribution >= 4 is 28.5 Å². The summed E-state index contributed by atoms with van der Waals surface area (Å²) in [6.07, 6.45) is 11.8. The number of carbonyl (C=O) groups excluding carboxylic acids is 2. The van der Waals surface area contributed by atoms with Gasteiger partial charge in [-0.05, 0) is 86.4 Å². The summed E-state index contributed by atoms with van der Waals surface area (Å²) in [5.74, 6) is 2.43. The Kier molecular flexibility index (Phi) is 6.05. The predicted octanol–water partition coefficient (Wildman–Crippen LogP) is 6.06. The van der Waals surface area contributed by atoms with E-state index in [9.17, 15) is 9.59 Å². The summed E-state index contributed by atoms with van der Waals surface area (Å²) < 4.78 is 0. The van der Waals surface area contributed by atoms with Crippen molar-refractivity contribution in [2.45, 2.75) is 70.3 Å². The third-order valence-corrected chi connectivity index (χ3v) is 8.44. The molecule has 2 bridgehead atoms. The first-order valence-electron chi connectivity index (χ1n) is 13.3. The van der Waals surface area contributed by atoms with Gasteiger partial charge in [0.15, 0.2) is 0 Å². The molecule has 3 unspecified atom stereocenters. The second-order valence-electron chi connectivity index (χ2n) is 10.8. The molecule has 3 aliphatic rings. The first-order chi connectivity index (χ1) is 17.1. The Hall–Kier alpha value is -3.15. The molecule has 0 saturated heterocycles. The third-order valence-electron chi connectivity index (χ3n) is 8.44. The minimum Gasteiger partial charge on any atom is -0.349 e. The van der Waals surface area contributed by atoms with E-state index in [1.165, 1.54) is 44.9 Å². The van der Waals surface area contributed by atoms with Crippen molar-refractivity contribution in [2.24, 2.45) is 17.8 Å². The summed E-state index contributed by atoms with van der Waals surface area (Å²) in [7, 11) is 0. The van der Waals surface area contributed by atoms with E-state index in [0.29, 0.717) is 11.5 Å². The van der Waals surface area contributed by atoms with Crippen LogP contribution >= 0.6 is 0 Å². The molecule has 0 radical (unpaired) electrons. The van der Waals surface area contributed by atoms with Crippen molar-refractivity contribution in [3.8, 4) is 11.4 Å². The SMILES string of the molecule is O=C(NC1CCCCCC1)c1ccc2nc(-c3ccc(NC(=O)C4CC5CCC4C5)cc3)[nH]c2c1. The highest BCUT2D eigenvalue weighted by Gasteiger charge is 2.43. The van der Waals surface area contributed by atoms with E-state index >= 15 is 0 Å². The predicted molar refractivity (Wildman–Crippen MR) is 138 cm³/mol. The largest absolute Gasteiger partial charge is 0.349 e. The molecule has 6 rings (SSSR count). The Morgan fingerprint density at radius 2 is 1.69 bits per heavy atom. The topological polar surface area (TPSA) is 86.9 Å². The monoisotopic (exact) mass is 470 g/mol. The lowest BCUT2D eigenvalue weighted by molar-refractivity contribution is -0.121. The summed E-state index contributed by atoms with van der Waals surface area (Å²) >= 11 is 0. The van der Waals surface area contributed by atoms with Crippen LogP contribution < -0.4 is 10.6 Å². The maximum absolute atomic E-state index is 12.8. The highest BCUT2D eigenvalue weighted by molar-refractivity contribution is 5.98. The Morgan fingerprint density at radius 1 is 0.886 bits per heavy atom. The van der Waals surface area contributed by atoms with Crippen molar-refractivity contribution in [2.75, 3.05) is 5.32 Å². The van der Waals surface area contributed by atoms with E-state index in [-0.39, 0.29) is 23.8 Å². The summed E-state index contributed by atoms with van der Waals surface area (Å²) in [6.45, 7) is 0. The van der Waals surface area contributed by atoms with Crippen molar-refractivity contribution in [1.29, 1.82) is 0 Å². The molecule has 6 heteroatoms. The number of nitrogens with zero attached hydrogens (tertiary/aromatic N) is 1. The van der Waals surface area contributed by atoms with Gasteiger partial charge in [-0.1, -0.05) is 32.1 Å². The molecule has 2 amide bonds. The zero-order valence-corrected chi connectivity index (χ0v) is 20.2. The first-order valence-corrected chi connectivity index (χ1v) is 13.3. The van der Waals surface area contributed by atoms with E-state index in [1.807, 2.05) is 42.5 Å². The molecule has 6 nitrogen and oxygen atoms in total. The maximum atomic E-state index is 12.8. The lowest BCUT2D eigenvalue weighted by atomic mass is 9.88. The van der Waals surface area contributed by atoms with Gasteiger partial charge in [0.25, 0.3) is 5.91 Å². The van der Waals surface area contributed by atoms with Crippen LogP contribution in [0.1, 0.15) is 74.6 Å². The molecule has 3 N–H and O–H groups in total. The highest BCUT2D eigenvalue weighted by atomic mass is 16.2. The smallest absolute Gasteiger partial charge is 0.251 e. The quantitative estimate of drug-likeness (QED) is 0.396. The minimum atomic E-state index is -0.00877. The van der Waals surface area contributed by atoms with Gasteiger partial charge in [0.05, 0.1) is 11.0 Å². The van der Waals surface area contributed by atoms with Crippen LogP contribution in [-0.4, -0.2) is 27.8 Å². The maximum Gasteiger partial charge on any atom is 0.251 e. The Morgan fingerprint density at radius 3 is 2.40 bits per heavy atom. The van der Waals surface area contributed by atoms with Gasteiger partial charge in [0.2, 0.25) is 5.91 Å². The van der Waals surface area contributed by atoms with Gasteiger partial charge in [-0.3, -0.25) is 9.59 Å². The Labute approximate surface area is 206 Å². The fourth-order valence-corrected chi connectivity index (χ4v) is 6.49. The number of aromatic amines is 1. The summed E-state index contributed by atoms with van der Waals surface area (Å²) in [4.78, 5) is 33.7. The van der Waals surface area contributed by atoms with Gasteiger partial charge >= 0.3 is 0 Å². The Balaban J connectivity index is 1.12. The second-order valence-corrected chi connectivity index (χ2v) is 10.8. The summed E-state index contributed by atoms with van der Waals surface area (Å²) in [5, 5.41) is 6.34. The fraction of sp³-hybridized carbons (Fsp3) is 0.483. The first kappa shape index (κ1) is 22.3. The fourth-order valence-electron chi connectivity index (χ4n) is 6.49. The summed E-state index contributed by atoms with van der Waals surface area (Å²) in [5.41, 5.74) is 4.12. The van der Waals surface area contributed by atoms with Crippen LogP contribution in [0.4, 0.5) is 5.69 Å². The molecule has 3 fully saturated rings. The van der Waals surface area contributed by atoms with Crippen LogP contribution in [-0.2, 0) is 4.79 Å². The number of fused-ring (bicyclic) bond motifs is 3. The van der Waals surface area contributed by atoms with Gasteiger partial charge in [0.1, 0.15) is 5.82 Å². The molecule has 3 saturated carbocycles. The molecule has 3 aliphatic carbocycles. The number of rotatable bonds is 5. The molecule has 35 heavy (non-hydrogen) atoms. The molecule has 0 spiro atoms. The van der Waals surface area contributed by atoms with Crippen LogP contribution in [0.25, 0.3) is 22.4 Å². The number of hydrogen-bond donors (Lipinski definition) is 3. The van der Waals surface area contributed by atoms with E-state index in [4.69, 9.17) is 4.98 Å². The number of amides is 2. The van der Waals surface area contributed by atoms with Crippen LogP contribution in [0.15, 0.2) is 42.5 Å². The Bertz CT molecular complexity index is 1220. The normalized spacial score (nSPS) is 24.4. The molecular weight excluding hydrogens is 436 g/mol. The van der Waals surface area contributed by atoms with Gasteiger partial charge in [-0.2, -0.15) is 0 Å². The molecule has 182 valence electrons. The van der Waals surface area contributed by atoms with E-state index in [1.54, 1.807) is 0 Å². The zero-order valence-electron chi connectivity index (χ0n) is 20.2. The number of aromatic nitrogens is 2. The van der Waals surface area contributed by atoms with Crippen molar-refractivity contribution in [3.05, 3.63) is 48.0 Å². The molecule has 3 aromatic rings. The zero-order chi connectivity index (χ0) is 23.8. The second kappa shape index (κ2) is 9.48. The van der Waals surface area contributed by atoms with Gasteiger partial charge in [-0.15, -0.1) is 0 Å². The average Bonchev–Trinajstić information content (AvgIpc) is 3.57. The summed E-state index contributed by atoms with van der Waals surface area (Å²) in [6, 6.07) is 13.8. The number of hydrogen-bond acceptors (Lipinski definition) is 3. The molecule has 0 aliphatic heterocycles. The van der Waals surface area contributed by atoms with Gasteiger partial charge in [-0.25, -0.2) is 4.98 Å². The van der Waals surface area contributed by atoms with Crippen LogP contribution in [0.5, 0.6) is 0 Å². The number of benzene rings is 2. The number of carbonyl (C=O) groups is 2. The number of imidazole rings is 1. The lowest BCUT2D eigenvalue weighted by Crippen LogP contribution is -2.34. The molecule has 2 aromatic carbocycles. The lowest BCUT2D eigenvalue weighted by Gasteiger charge is -2.20. The average molecular weight is 471 g/mol. The number of H-pyrrole nitrogens is 1. The van der Waals surface area contributed by atoms with Crippen LogP contribution in [0, 0.1) is 17.8 Å². The molecule has 1 heterocycles. The number of anilines is 1. The molecular formula is C29H34N4O2. The van der Waals surface area contributed by atoms with Crippen molar-refractivity contribution < 1.29 is 9.59 Å². The third kappa shape index (κ3) is 4.71. The highest BCUT2D eigenvalue weighted by Crippen LogP contribution is 2.48. The van der Waals surface area contributed by atoms with Gasteiger partial charge < -0.3 is 15.6 Å². The standard InChI is InChI=1S/C29H34N4O2/c34-28(30-22-5-3-1-2-4-6-22)21-11-14-25-26(17-21)33-27(32-25)19-9-12-23(13-10-19)31-29(35)24-16-18-7-8-20(24)15-18/h9-14,17-18,20,22,24H,1-8,15-16H2,(H,30,34)(H,31,35)(H,32,33). The van der Waals surface area contributed by atoms with Gasteiger partial charge in [0, 0.05) is 28.8 Å². The van der Waals surface area contributed by atoms with E-state index in [0.717, 1.165) is 53.3 Å². The van der Waals surface area contributed by atoms with E-state index < -0.39 is 0 Å². The molecule has 1 aromatic heterocycles. The van der Waals surface area contributed by atoms with Crippen LogP contribution in [0.2, 0.25) is 0 Å².